The van der Waals surface area contributed by atoms with Gasteiger partial charge in [-0.25, -0.2) is 0 Å². The third kappa shape index (κ3) is 7.31. The molecule has 1 heterocycles. The largest absolute Gasteiger partial charge is 0.345 e. The van der Waals surface area contributed by atoms with Gasteiger partial charge in [0, 0.05) is 42.4 Å². The number of carbonyl (C=O) groups is 2. The molecule has 1 aromatic carbocycles. The van der Waals surface area contributed by atoms with Gasteiger partial charge in [-0.15, -0.1) is 0 Å². The van der Waals surface area contributed by atoms with E-state index in [0.717, 1.165) is 36.0 Å². The van der Waals surface area contributed by atoms with Crippen molar-refractivity contribution in [2.45, 2.75) is 59.5 Å². The Kier molecular flexibility index (Phi) is 10.1. The number of hydrogen-bond donors (Lipinski definition) is 0. The minimum atomic E-state index is 0.0232. The van der Waals surface area contributed by atoms with Crippen molar-refractivity contribution in [1.82, 2.24) is 14.4 Å². The van der Waals surface area contributed by atoms with Crippen LogP contribution in [0.5, 0.6) is 0 Å². The fourth-order valence-corrected chi connectivity index (χ4v) is 3.68. The molecule has 0 saturated heterocycles. The van der Waals surface area contributed by atoms with Crippen LogP contribution in [0.25, 0.3) is 0 Å². The molecule has 0 fully saturated rings. The van der Waals surface area contributed by atoms with Gasteiger partial charge in [-0.05, 0) is 42.7 Å². The molecule has 5 nitrogen and oxygen atoms in total. The van der Waals surface area contributed by atoms with Gasteiger partial charge in [0.05, 0.1) is 13.1 Å². The van der Waals surface area contributed by atoms with Crippen molar-refractivity contribution in [2.24, 2.45) is 0 Å². The number of hydrogen-bond acceptors (Lipinski definition) is 2. The van der Waals surface area contributed by atoms with Crippen molar-refractivity contribution < 1.29 is 9.59 Å². The first-order chi connectivity index (χ1) is 14.5. The van der Waals surface area contributed by atoms with Crippen molar-refractivity contribution in [1.29, 1.82) is 0 Å². The molecular formula is C24H34BrN3O2. The molecule has 2 rings (SSSR count). The third-order valence-corrected chi connectivity index (χ3v) is 5.68. The molecule has 1 aromatic heterocycles. The van der Waals surface area contributed by atoms with Crippen LogP contribution < -0.4 is 0 Å². The Morgan fingerprint density at radius 3 is 2.30 bits per heavy atom. The number of unbranched alkanes of at least 4 members (excludes halogenated alkanes) is 1. The first kappa shape index (κ1) is 24.2. The summed E-state index contributed by atoms with van der Waals surface area (Å²) in [5.41, 5.74) is 2.32. The molecule has 0 spiro atoms. The molecule has 164 valence electrons. The highest BCUT2D eigenvalue weighted by Gasteiger charge is 2.20. The van der Waals surface area contributed by atoms with Gasteiger partial charge in [0.2, 0.25) is 11.8 Å². The summed E-state index contributed by atoms with van der Waals surface area (Å²) in [5.74, 6) is 0.0642. The first-order valence-electron chi connectivity index (χ1n) is 10.9. The molecule has 0 radical (unpaired) electrons. The van der Waals surface area contributed by atoms with Gasteiger partial charge in [-0.2, -0.15) is 0 Å². The fraction of sp³-hybridized carbons (Fsp3) is 0.500. The summed E-state index contributed by atoms with van der Waals surface area (Å²) in [7, 11) is 0. The molecule has 2 amide bonds. The number of carbonyl (C=O) groups excluding carboxylic acids is 2. The maximum Gasteiger partial charge on any atom is 0.242 e. The number of nitrogens with zero attached hydrogens (tertiary/aromatic N) is 3. The zero-order chi connectivity index (χ0) is 21.9. The summed E-state index contributed by atoms with van der Waals surface area (Å²) in [6.45, 7) is 8.83. The third-order valence-electron chi connectivity index (χ3n) is 5.15. The monoisotopic (exact) mass is 475 g/mol. The van der Waals surface area contributed by atoms with E-state index in [4.69, 9.17) is 0 Å². The minimum absolute atomic E-state index is 0.0232. The van der Waals surface area contributed by atoms with Crippen LogP contribution in [0.4, 0.5) is 0 Å². The molecular weight excluding hydrogens is 442 g/mol. The first-order valence-corrected chi connectivity index (χ1v) is 11.7. The van der Waals surface area contributed by atoms with Crippen LogP contribution in [0, 0.1) is 0 Å². The number of halogens is 1. The summed E-state index contributed by atoms with van der Waals surface area (Å²) >= 11 is 3.48. The predicted octanol–water partition coefficient (Wildman–Crippen LogP) is 5.08. The highest BCUT2D eigenvalue weighted by Crippen LogP contribution is 2.15. The van der Waals surface area contributed by atoms with Crippen LogP contribution in [-0.2, 0) is 22.7 Å². The number of amides is 2. The molecule has 6 heteroatoms. The van der Waals surface area contributed by atoms with E-state index in [-0.39, 0.29) is 18.4 Å². The Morgan fingerprint density at radius 2 is 1.67 bits per heavy atom. The highest BCUT2D eigenvalue weighted by atomic mass is 79.9. The maximum atomic E-state index is 13.1. The van der Waals surface area contributed by atoms with Crippen molar-refractivity contribution in [3.05, 3.63) is 58.3 Å². The van der Waals surface area contributed by atoms with Crippen molar-refractivity contribution in [3.63, 3.8) is 0 Å². The second-order valence-corrected chi connectivity index (χ2v) is 8.51. The molecule has 0 saturated carbocycles. The van der Waals surface area contributed by atoms with E-state index in [1.54, 1.807) is 4.90 Å². The molecule has 0 N–H and O–H groups in total. The second kappa shape index (κ2) is 12.6. The van der Waals surface area contributed by atoms with Gasteiger partial charge >= 0.3 is 0 Å². The number of rotatable bonds is 12. The lowest BCUT2D eigenvalue weighted by Crippen LogP contribution is -2.43. The van der Waals surface area contributed by atoms with Crippen LogP contribution in [0.15, 0.2) is 47.1 Å². The number of aromatic nitrogens is 1. The topological polar surface area (TPSA) is 45.6 Å². The Labute approximate surface area is 189 Å². The predicted molar refractivity (Wildman–Crippen MR) is 125 cm³/mol. The average molecular weight is 476 g/mol. The standard InChI is InChI=1S/C24H34BrN3O2/c1-4-7-15-28(24(30)19-27(14-5-2)23(29)6-3)18-22-9-8-16-26(22)17-20-10-12-21(25)13-11-20/h8-13,16H,4-7,14-15,17-19H2,1-3H3. The van der Waals surface area contributed by atoms with Crippen LogP contribution in [0.2, 0.25) is 0 Å². The van der Waals surface area contributed by atoms with E-state index in [1.165, 1.54) is 5.56 Å². The van der Waals surface area contributed by atoms with Crippen LogP contribution >= 0.6 is 15.9 Å². The van der Waals surface area contributed by atoms with Crippen LogP contribution in [0.1, 0.15) is 57.7 Å². The highest BCUT2D eigenvalue weighted by molar-refractivity contribution is 9.10. The van der Waals surface area contributed by atoms with Crippen LogP contribution in [0.3, 0.4) is 0 Å². The summed E-state index contributed by atoms with van der Waals surface area (Å²) in [5, 5.41) is 0. The summed E-state index contributed by atoms with van der Waals surface area (Å²) in [4.78, 5) is 28.9. The van der Waals surface area contributed by atoms with E-state index < -0.39 is 0 Å². The fourth-order valence-electron chi connectivity index (χ4n) is 3.42. The van der Waals surface area contributed by atoms with Gasteiger partial charge in [0.15, 0.2) is 0 Å². The zero-order valence-electron chi connectivity index (χ0n) is 18.4. The van der Waals surface area contributed by atoms with E-state index in [0.29, 0.717) is 26.1 Å². The lowest BCUT2D eigenvalue weighted by Gasteiger charge is -2.28. The Bertz CT molecular complexity index is 801. The van der Waals surface area contributed by atoms with E-state index in [9.17, 15) is 9.59 Å². The normalized spacial score (nSPS) is 10.8. The Balaban J connectivity index is 2.12. The van der Waals surface area contributed by atoms with Crippen LogP contribution in [-0.4, -0.2) is 45.8 Å². The SMILES string of the molecule is CCCCN(Cc1cccn1Cc1ccc(Br)cc1)C(=O)CN(CCC)C(=O)CC. The van der Waals surface area contributed by atoms with Gasteiger partial charge in [0.1, 0.15) is 0 Å². The smallest absolute Gasteiger partial charge is 0.242 e. The van der Waals surface area contributed by atoms with Gasteiger partial charge in [0.25, 0.3) is 0 Å². The van der Waals surface area contributed by atoms with Crippen molar-refractivity contribution in [2.75, 3.05) is 19.6 Å². The lowest BCUT2D eigenvalue weighted by atomic mass is 10.2. The maximum absolute atomic E-state index is 13.1. The summed E-state index contributed by atoms with van der Waals surface area (Å²) in [6, 6.07) is 12.4. The van der Waals surface area contributed by atoms with E-state index in [1.807, 2.05) is 36.9 Å². The molecule has 0 unspecified atom stereocenters. The summed E-state index contributed by atoms with van der Waals surface area (Å²) in [6.07, 6.45) is 5.32. The quantitative estimate of drug-likeness (QED) is 0.429. The van der Waals surface area contributed by atoms with Gasteiger partial charge < -0.3 is 14.4 Å². The average Bonchev–Trinajstić information content (AvgIpc) is 3.18. The van der Waals surface area contributed by atoms with Crippen molar-refractivity contribution >= 4 is 27.7 Å². The van der Waals surface area contributed by atoms with E-state index >= 15 is 0 Å². The Hall–Kier alpha value is -2.08. The molecule has 0 aliphatic heterocycles. The second-order valence-electron chi connectivity index (χ2n) is 7.59. The molecule has 2 aromatic rings. The van der Waals surface area contributed by atoms with Gasteiger partial charge in [-0.1, -0.05) is 55.3 Å². The van der Waals surface area contributed by atoms with E-state index in [2.05, 4.69) is 51.8 Å². The number of benzene rings is 1. The molecule has 0 aliphatic rings. The molecule has 0 aliphatic carbocycles. The van der Waals surface area contributed by atoms with Crippen molar-refractivity contribution in [3.8, 4) is 0 Å². The van der Waals surface area contributed by atoms with Gasteiger partial charge in [-0.3, -0.25) is 9.59 Å². The zero-order valence-corrected chi connectivity index (χ0v) is 20.0. The summed E-state index contributed by atoms with van der Waals surface area (Å²) < 4.78 is 3.25. The molecule has 0 atom stereocenters. The minimum Gasteiger partial charge on any atom is -0.345 e. The molecule has 30 heavy (non-hydrogen) atoms. The molecule has 0 bridgehead atoms. The lowest BCUT2D eigenvalue weighted by molar-refractivity contribution is -0.140. The Morgan fingerprint density at radius 1 is 0.933 bits per heavy atom.